The van der Waals surface area contributed by atoms with Crippen LogP contribution in [0.3, 0.4) is 0 Å². The van der Waals surface area contributed by atoms with Crippen LogP contribution in [0, 0.1) is 11.7 Å². The summed E-state index contributed by atoms with van der Waals surface area (Å²) in [5, 5.41) is 0. The van der Waals surface area contributed by atoms with Gasteiger partial charge in [0.05, 0.1) is 19.3 Å². The van der Waals surface area contributed by atoms with E-state index >= 15 is 0 Å². The van der Waals surface area contributed by atoms with Gasteiger partial charge in [0, 0.05) is 38.4 Å². The summed E-state index contributed by atoms with van der Waals surface area (Å²) < 4.78 is 19.5. The Morgan fingerprint density at radius 1 is 1.19 bits per heavy atom. The van der Waals surface area contributed by atoms with E-state index in [1.807, 2.05) is 12.1 Å². The molecule has 6 nitrogen and oxygen atoms in total. The number of carbonyl (C=O) groups excluding carboxylic acids is 2. The molecule has 0 aliphatic carbocycles. The van der Waals surface area contributed by atoms with Crippen molar-refractivity contribution in [1.29, 1.82) is 0 Å². The summed E-state index contributed by atoms with van der Waals surface area (Å²) in [6, 6.07) is 10.0. The topological polar surface area (TPSA) is 62.7 Å². The van der Waals surface area contributed by atoms with Gasteiger partial charge in [-0.15, -0.1) is 0 Å². The van der Waals surface area contributed by atoms with Crippen molar-refractivity contribution in [2.75, 3.05) is 26.2 Å². The second kappa shape index (κ2) is 11.0. The molecule has 2 heterocycles. The van der Waals surface area contributed by atoms with E-state index in [4.69, 9.17) is 4.74 Å². The standard InChI is InChI=1S/C24H30FN3O3/c1-18(2)13-27-14-22(31-17-20-4-3-5-21(25)12-20)15-28(16-24(27)30)23(29)7-6-19-8-10-26-11-9-19/h3-5,8-12,18,22H,6-7,13-17H2,1-2H3/t22-/m0/s1. The van der Waals surface area contributed by atoms with Crippen molar-refractivity contribution in [2.24, 2.45) is 5.92 Å². The number of hydrogen-bond donors (Lipinski definition) is 0. The van der Waals surface area contributed by atoms with Crippen LogP contribution in [0.15, 0.2) is 48.8 Å². The van der Waals surface area contributed by atoms with Gasteiger partial charge in [0.25, 0.3) is 0 Å². The fourth-order valence-corrected chi connectivity index (χ4v) is 3.69. The Morgan fingerprint density at radius 3 is 2.68 bits per heavy atom. The second-order valence-electron chi connectivity index (χ2n) is 8.39. The van der Waals surface area contributed by atoms with Gasteiger partial charge in [-0.05, 0) is 47.7 Å². The van der Waals surface area contributed by atoms with Crippen molar-refractivity contribution in [3.63, 3.8) is 0 Å². The first kappa shape index (κ1) is 22.9. The van der Waals surface area contributed by atoms with Gasteiger partial charge in [0.15, 0.2) is 0 Å². The summed E-state index contributed by atoms with van der Waals surface area (Å²) in [6.07, 6.45) is 3.98. The Hall–Kier alpha value is -2.80. The van der Waals surface area contributed by atoms with Crippen LogP contribution in [0.1, 0.15) is 31.4 Å². The number of pyridine rings is 1. The lowest BCUT2D eigenvalue weighted by Crippen LogP contribution is -2.40. The molecule has 3 rings (SSSR count). The summed E-state index contributed by atoms with van der Waals surface area (Å²) in [7, 11) is 0. The van der Waals surface area contributed by atoms with Gasteiger partial charge < -0.3 is 14.5 Å². The Labute approximate surface area is 183 Å². The van der Waals surface area contributed by atoms with E-state index in [1.165, 1.54) is 12.1 Å². The largest absolute Gasteiger partial charge is 0.370 e. The summed E-state index contributed by atoms with van der Waals surface area (Å²) in [4.78, 5) is 33.1. The monoisotopic (exact) mass is 427 g/mol. The fraction of sp³-hybridized carbons (Fsp3) is 0.458. The molecule has 2 amide bonds. The van der Waals surface area contributed by atoms with Crippen molar-refractivity contribution in [3.8, 4) is 0 Å². The molecule has 0 saturated carbocycles. The molecule has 0 spiro atoms. The van der Waals surface area contributed by atoms with Crippen LogP contribution in [-0.2, 0) is 27.4 Å². The summed E-state index contributed by atoms with van der Waals surface area (Å²) >= 11 is 0. The van der Waals surface area contributed by atoms with Gasteiger partial charge in [-0.2, -0.15) is 0 Å². The van der Waals surface area contributed by atoms with Crippen LogP contribution in [0.2, 0.25) is 0 Å². The molecule has 1 atom stereocenters. The molecule has 0 N–H and O–H groups in total. The average Bonchev–Trinajstić information content (AvgIpc) is 2.90. The van der Waals surface area contributed by atoms with E-state index in [1.54, 1.807) is 34.3 Å². The number of amides is 2. The predicted molar refractivity (Wildman–Crippen MR) is 116 cm³/mol. The number of carbonyl (C=O) groups is 2. The molecule has 7 heteroatoms. The normalized spacial score (nSPS) is 17.2. The number of nitrogens with zero attached hydrogens (tertiary/aromatic N) is 3. The Balaban J connectivity index is 1.67. The molecule has 0 bridgehead atoms. The minimum Gasteiger partial charge on any atom is -0.370 e. The molecule has 166 valence electrons. The number of benzene rings is 1. The van der Waals surface area contributed by atoms with E-state index in [2.05, 4.69) is 18.8 Å². The SMILES string of the molecule is CC(C)CN1C[C@H](OCc2cccc(F)c2)CN(C(=O)CCc2ccncc2)CC1=O. The van der Waals surface area contributed by atoms with Crippen LogP contribution in [0.4, 0.5) is 4.39 Å². The first-order valence-electron chi connectivity index (χ1n) is 10.7. The van der Waals surface area contributed by atoms with E-state index in [0.717, 1.165) is 11.1 Å². The molecule has 2 aromatic rings. The predicted octanol–water partition coefficient (Wildman–Crippen LogP) is 3.07. The zero-order valence-electron chi connectivity index (χ0n) is 18.2. The van der Waals surface area contributed by atoms with Crippen LogP contribution < -0.4 is 0 Å². The average molecular weight is 428 g/mol. The molecule has 0 radical (unpaired) electrons. The molecule has 31 heavy (non-hydrogen) atoms. The van der Waals surface area contributed by atoms with Gasteiger partial charge in [-0.25, -0.2) is 4.39 Å². The lowest BCUT2D eigenvalue weighted by atomic mass is 10.1. The molecule has 1 aliphatic rings. The number of aromatic nitrogens is 1. The fourth-order valence-electron chi connectivity index (χ4n) is 3.69. The summed E-state index contributed by atoms with van der Waals surface area (Å²) in [6.45, 7) is 5.76. The zero-order valence-corrected chi connectivity index (χ0v) is 18.2. The molecule has 1 fully saturated rings. The second-order valence-corrected chi connectivity index (χ2v) is 8.39. The highest BCUT2D eigenvalue weighted by Gasteiger charge is 2.31. The van der Waals surface area contributed by atoms with Crippen molar-refractivity contribution in [1.82, 2.24) is 14.8 Å². The van der Waals surface area contributed by atoms with Gasteiger partial charge >= 0.3 is 0 Å². The van der Waals surface area contributed by atoms with Crippen LogP contribution in [-0.4, -0.2) is 58.9 Å². The summed E-state index contributed by atoms with van der Waals surface area (Å²) in [5.74, 6) is -0.146. The van der Waals surface area contributed by atoms with Crippen LogP contribution in [0.25, 0.3) is 0 Å². The van der Waals surface area contributed by atoms with Gasteiger partial charge in [0.2, 0.25) is 11.8 Å². The first-order valence-corrected chi connectivity index (χ1v) is 10.7. The van der Waals surface area contributed by atoms with Crippen molar-refractivity contribution in [2.45, 2.75) is 39.4 Å². The molecule has 0 unspecified atom stereocenters. The molecular weight excluding hydrogens is 397 g/mol. The third-order valence-electron chi connectivity index (χ3n) is 5.22. The zero-order chi connectivity index (χ0) is 22.2. The Bertz CT molecular complexity index is 875. The molecule has 1 aromatic carbocycles. The Morgan fingerprint density at radius 2 is 1.97 bits per heavy atom. The lowest BCUT2D eigenvalue weighted by molar-refractivity contribution is -0.139. The number of ether oxygens (including phenoxy) is 1. The highest BCUT2D eigenvalue weighted by atomic mass is 19.1. The van der Waals surface area contributed by atoms with Crippen molar-refractivity contribution >= 4 is 11.8 Å². The molecule has 1 saturated heterocycles. The van der Waals surface area contributed by atoms with Gasteiger partial charge in [-0.1, -0.05) is 26.0 Å². The van der Waals surface area contributed by atoms with E-state index < -0.39 is 0 Å². The van der Waals surface area contributed by atoms with E-state index in [9.17, 15) is 14.0 Å². The lowest BCUT2D eigenvalue weighted by Gasteiger charge is -2.26. The third-order valence-corrected chi connectivity index (χ3v) is 5.22. The highest BCUT2D eigenvalue weighted by Crippen LogP contribution is 2.15. The Kier molecular flexibility index (Phi) is 8.12. The summed E-state index contributed by atoms with van der Waals surface area (Å²) in [5.41, 5.74) is 1.76. The first-order chi connectivity index (χ1) is 14.9. The number of halogens is 1. The smallest absolute Gasteiger partial charge is 0.242 e. The van der Waals surface area contributed by atoms with Crippen molar-refractivity contribution in [3.05, 3.63) is 65.7 Å². The highest BCUT2D eigenvalue weighted by molar-refractivity contribution is 5.85. The maximum atomic E-state index is 13.5. The number of rotatable bonds is 8. The molecule has 1 aromatic heterocycles. The third kappa shape index (κ3) is 7.14. The maximum absolute atomic E-state index is 13.5. The van der Waals surface area contributed by atoms with Crippen LogP contribution in [0.5, 0.6) is 0 Å². The van der Waals surface area contributed by atoms with Crippen LogP contribution >= 0.6 is 0 Å². The van der Waals surface area contributed by atoms with E-state index in [0.29, 0.717) is 38.4 Å². The number of hydrogen-bond acceptors (Lipinski definition) is 4. The van der Waals surface area contributed by atoms with Gasteiger partial charge in [0.1, 0.15) is 5.82 Å². The minimum atomic E-state index is -0.335. The van der Waals surface area contributed by atoms with E-state index in [-0.39, 0.29) is 36.9 Å². The molecular formula is C24H30FN3O3. The quantitative estimate of drug-likeness (QED) is 0.650. The number of aryl methyl sites for hydroxylation is 1. The molecule has 1 aliphatic heterocycles. The van der Waals surface area contributed by atoms with Crippen molar-refractivity contribution < 1.29 is 18.7 Å². The maximum Gasteiger partial charge on any atom is 0.242 e. The minimum absolute atomic E-state index is 0.0573. The van der Waals surface area contributed by atoms with Gasteiger partial charge in [-0.3, -0.25) is 14.6 Å².